The number of nitrogens with zero attached hydrogens (tertiary/aromatic N) is 4. The summed E-state index contributed by atoms with van der Waals surface area (Å²) in [7, 11) is 3.88. The smallest absolute Gasteiger partial charge is 0.105 e. The average Bonchev–Trinajstić information content (AvgIpc) is 2.65. The summed E-state index contributed by atoms with van der Waals surface area (Å²) in [5.41, 5.74) is 1.07. The molecule has 4 nitrogen and oxygen atoms in total. The van der Waals surface area contributed by atoms with Gasteiger partial charge in [-0.2, -0.15) is 5.10 Å². The molecule has 0 aliphatic heterocycles. The summed E-state index contributed by atoms with van der Waals surface area (Å²) in [5, 5.41) is 4.03. The van der Waals surface area contributed by atoms with Gasteiger partial charge in [-0.25, -0.2) is 4.98 Å². The third-order valence-electron chi connectivity index (χ3n) is 1.91. The Morgan fingerprint density at radius 3 is 2.00 bits per heavy atom. The largest absolute Gasteiger partial charge is 0.338 e. The Labute approximate surface area is 84.2 Å². The molecule has 0 fully saturated rings. The molecule has 4 heteroatoms. The fourth-order valence-corrected chi connectivity index (χ4v) is 0.971. The summed E-state index contributed by atoms with van der Waals surface area (Å²) >= 11 is 0. The lowest BCUT2D eigenvalue weighted by molar-refractivity contribution is 0.756. The third-order valence-corrected chi connectivity index (χ3v) is 1.91. The molecule has 0 bridgehead atoms. The summed E-state index contributed by atoms with van der Waals surface area (Å²) in [6, 6.07) is 1.97. The van der Waals surface area contributed by atoms with Crippen molar-refractivity contribution in [3.8, 4) is 0 Å². The van der Waals surface area contributed by atoms with Gasteiger partial charge < -0.3 is 4.57 Å². The molecule has 0 radical (unpaired) electrons. The van der Waals surface area contributed by atoms with E-state index in [4.69, 9.17) is 0 Å². The van der Waals surface area contributed by atoms with Crippen LogP contribution in [0.3, 0.4) is 0 Å². The van der Waals surface area contributed by atoms with Crippen LogP contribution in [0.2, 0.25) is 0 Å². The maximum atomic E-state index is 4.03. The Bertz CT molecular complexity index is 353. The molecule has 2 rings (SSSR count). The van der Waals surface area contributed by atoms with Gasteiger partial charge in [-0.05, 0) is 19.9 Å². The first-order chi connectivity index (χ1) is 6.59. The fraction of sp³-hybridized carbons (Fsp3) is 0.400. The number of aromatic nitrogens is 4. The van der Waals surface area contributed by atoms with Gasteiger partial charge in [-0.3, -0.25) is 4.68 Å². The summed E-state index contributed by atoms with van der Waals surface area (Å²) < 4.78 is 3.76. The first-order valence-corrected chi connectivity index (χ1v) is 4.50. The van der Waals surface area contributed by atoms with Crippen molar-refractivity contribution in [1.82, 2.24) is 19.3 Å². The molecule has 0 N–H and O–H groups in total. The zero-order valence-corrected chi connectivity index (χ0v) is 9.10. The maximum Gasteiger partial charge on any atom is 0.105 e. The van der Waals surface area contributed by atoms with Crippen LogP contribution in [0.5, 0.6) is 0 Å². The molecule has 0 unspecified atom stereocenters. The predicted octanol–water partition coefficient (Wildman–Crippen LogP) is 1.46. The second kappa shape index (κ2) is 4.60. The molecule has 0 saturated carbocycles. The van der Waals surface area contributed by atoms with Crippen molar-refractivity contribution in [2.45, 2.75) is 13.8 Å². The molecule has 0 aliphatic carbocycles. The molecule has 0 atom stereocenters. The molecule has 0 aliphatic rings. The van der Waals surface area contributed by atoms with Crippen LogP contribution in [0.4, 0.5) is 0 Å². The number of imidazole rings is 1. The Morgan fingerprint density at radius 1 is 1.14 bits per heavy atom. The van der Waals surface area contributed by atoms with Crippen LogP contribution in [0.1, 0.15) is 11.5 Å². The highest BCUT2D eigenvalue weighted by molar-refractivity contribution is 4.93. The van der Waals surface area contributed by atoms with E-state index in [9.17, 15) is 0 Å². The Morgan fingerprint density at radius 2 is 1.86 bits per heavy atom. The van der Waals surface area contributed by atoms with E-state index in [1.807, 2.05) is 51.0 Å². The Kier molecular flexibility index (Phi) is 3.45. The minimum absolute atomic E-state index is 1.06. The second-order valence-corrected chi connectivity index (χ2v) is 3.22. The average molecular weight is 192 g/mol. The molecule has 0 amide bonds. The molecule has 2 aromatic heterocycles. The van der Waals surface area contributed by atoms with Gasteiger partial charge in [0.1, 0.15) is 5.82 Å². The van der Waals surface area contributed by atoms with Crippen LogP contribution in [0, 0.1) is 13.8 Å². The monoisotopic (exact) mass is 192 g/mol. The summed E-state index contributed by atoms with van der Waals surface area (Å²) in [5.74, 6) is 1.06. The van der Waals surface area contributed by atoms with Crippen molar-refractivity contribution in [3.63, 3.8) is 0 Å². The first-order valence-electron chi connectivity index (χ1n) is 4.50. The van der Waals surface area contributed by atoms with Crippen molar-refractivity contribution < 1.29 is 0 Å². The van der Waals surface area contributed by atoms with Crippen LogP contribution in [0.25, 0.3) is 0 Å². The van der Waals surface area contributed by atoms with Crippen molar-refractivity contribution >= 4 is 0 Å². The molecule has 14 heavy (non-hydrogen) atoms. The van der Waals surface area contributed by atoms with E-state index in [2.05, 4.69) is 10.1 Å². The van der Waals surface area contributed by atoms with E-state index in [1.165, 1.54) is 0 Å². The highest BCUT2D eigenvalue weighted by atomic mass is 15.2. The van der Waals surface area contributed by atoms with E-state index in [0.717, 1.165) is 11.5 Å². The van der Waals surface area contributed by atoms with E-state index in [0.29, 0.717) is 0 Å². The van der Waals surface area contributed by atoms with Crippen molar-refractivity contribution in [3.05, 3.63) is 36.2 Å². The molecule has 0 saturated heterocycles. The number of rotatable bonds is 0. The van der Waals surface area contributed by atoms with Crippen molar-refractivity contribution in [1.29, 1.82) is 0 Å². The molecule has 0 spiro atoms. The standard InChI is InChI=1S/2C5H8N2/c1-5-6-3-4-7(5)2;1-5-3-4-7(2)6-5/h2*3-4H,1-2H3. The van der Waals surface area contributed by atoms with Crippen LogP contribution < -0.4 is 0 Å². The minimum Gasteiger partial charge on any atom is -0.338 e. The van der Waals surface area contributed by atoms with Crippen LogP contribution in [-0.2, 0) is 14.1 Å². The molecular formula is C10H16N4. The van der Waals surface area contributed by atoms with Gasteiger partial charge in [-0.15, -0.1) is 0 Å². The molecule has 2 heterocycles. The van der Waals surface area contributed by atoms with Gasteiger partial charge >= 0.3 is 0 Å². The van der Waals surface area contributed by atoms with E-state index in [1.54, 1.807) is 10.9 Å². The normalized spacial score (nSPS) is 9.43. The third kappa shape index (κ3) is 3.05. The molecular weight excluding hydrogens is 176 g/mol. The van der Waals surface area contributed by atoms with Crippen LogP contribution in [-0.4, -0.2) is 19.3 Å². The zero-order valence-electron chi connectivity index (χ0n) is 9.10. The van der Waals surface area contributed by atoms with Gasteiger partial charge in [0, 0.05) is 32.7 Å². The topological polar surface area (TPSA) is 35.6 Å². The number of aryl methyl sites for hydroxylation is 4. The first kappa shape index (κ1) is 10.5. The SMILES string of the molecule is Cc1ccn(C)n1.Cc1nccn1C. The van der Waals surface area contributed by atoms with E-state index in [-0.39, 0.29) is 0 Å². The Balaban J connectivity index is 0.000000140. The lowest BCUT2D eigenvalue weighted by atomic mass is 10.5. The lowest BCUT2D eigenvalue weighted by Crippen LogP contribution is -1.86. The second-order valence-electron chi connectivity index (χ2n) is 3.22. The predicted molar refractivity (Wildman–Crippen MR) is 55.9 cm³/mol. The molecule has 2 aromatic rings. The van der Waals surface area contributed by atoms with E-state index < -0.39 is 0 Å². The molecule has 0 aromatic carbocycles. The van der Waals surface area contributed by atoms with Gasteiger partial charge in [0.2, 0.25) is 0 Å². The fourth-order valence-electron chi connectivity index (χ4n) is 0.971. The van der Waals surface area contributed by atoms with Crippen LogP contribution in [0.15, 0.2) is 24.7 Å². The van der Waals surface area contributed by atoms with Gasteiger partial charge in [0.15, 0.2) is 0 Å². The zero-order chi connectivity index (χ0) is 10.6. The van der Waals surface area contributed by atoms with Gasteiger partial charge in [0.05, 0.1) is 5.69 Å². The quantitative estimate of drug-likeness (QED) is 0.633. The summed E-state index contributed by atoms with van der Waals surface area (Å²) in [6.45, 7) is 3.94. The minimum atomic E-state index is 1.06. The van der Waals surface area contributed by atoms with E-state index >= 15 is 0 Å². The highest BCUT2D eigenvalue weighted by Crippen LogP contribution is 1.87. The van der Waals surface area contributed by atoms with Crippen molar-refractivity contribution in [2.75, 3.05) is 0 Å². The maximum absolute atomic E-state index is 4.03. The summed E-state index contributed by atoms with van der Waals surface area (Å²) in [4.78, 5) is 3.98. The van der Waals surface area contributed by atoms with Gasteiger partial charge in [-0.1, -0.05) is 0 Å². The number of hydrogen-bond donors (Lipinski definition) is 0. The van der Waals surface area contributed by atoms with Gasteiger partial charge in [0.25, 0.3) is 0 Å². The number of hydrogen-bond acceptors (Lipinski definition) is 2. The highest BCUT2D eigenvalue weighted by Gasteiger charge is 1.83. The van der Waals surface area contributed by atoms with Crippen LogP contribution >= 0.6 is 0 Å². The Hall–Kier alpha value is -1.58. The molecule has 76 valence electrons. The van der Waals surface area contributed by atoms with Crippen molar-refractivity contribution in [2.24, 2.45) is 14.1 Å². The summed E-state index contributed by atoms with van der Waals surface area (Å²) in [6.07, 6.45) is 5.64. The lowest BCUT2D eigenvalue weighted by Gasteiger charge is -1.87.